The van der Waals surface area contributed by atoms with Crippen LogP contribution in [-0.2, 0) is 18.9 Å². The summed E-state index contributed by atoms with van der Waals surface area (Å²) in [7, 11) is 0. The zero-order chi connectivity index (χ0) is 26.4. The molecule has 0 bridgehead atoms. The topological polar surface area (TPSA) is 59.8 Å². The van der Waals surface area contributed by atoms with Gasteiger partial charge < -0.3 is 5.32 Å². The number of aromatic nitrogens is 3. The van der Waals surface area contributed by atoms with E-state index in [0.717, 1.165) is 6.07 Å². The number of nitrogens with one attached hydrogen (secondary N) is 1. The van der Waals surface area contributed by atoms with E-state index in [4.69, 9.17) is 0 Å². The summed E-state index contributed by atoms with van der Waals surface area (Å²) in [6, 6.07) is 10.1. The summed E-state index contributed by atoms with van der Waals surface area (Å²) < 4.78 is 82.3. The Bertz CT molecular complexity index is 1480. The minimum Gasteiger partial charge on any atom is -0.319 e. The average Bonchev–Trinajstić information content (AvgIpc) is 3.04. The van der Waals surface area contributed by atoms with Crippen molar-refractivity contribution < 1.29 is 31.1 Å². The lowest BCUT2D eigenvalue weighted by Crippen LogP contribution is -2.17. The van der Waals surface area contributed by atoms with Crippen molar-refractivity contribution in [3.8, 4) is 0 Å². The zero-order valence-corrected chi connectivity index (χ0v) is 20.3. The first-order chi connectivity index (χ1) is 16.8. The molecule has 0 aliphatic rings. The number of rotatable bonds is 4. The van der Waals surface area contributed by atoms with E-state index >= 15 is 0 Å². The standard InChI is InChI=1S/C24H17BrF6N4O/c1-12-21(13(2)35(34-12)11-14-5-3-4-6-18(14)23(26,27)28)33-22(36)17-10-20(24(29,30)31)32-19-8-7-15(25)9-16(17)19/h3-10H,11H2,1-2H3,(H,33,36). The molecule has 12 heteroatoms. The molecule has 5 nitrogen and oxygen atoms in total. The third-order valence-electron chi connectivity index (χ3n) is 5.57. The van der Waals surface area contributed by atoms with Crippen LogP contribution < -0.4 is 5.32 Å². The Morgan fingerprint density at radius 2 is 1.69 bits per heavy atom. The summed E-state index contributed by atoms with van der Waals surface area (Å²) in [4.78, 5) is 16.8. The van der Waals surface area contributed by atoms with Gasteiger partial charge in [-0.05, 0) is 49.7 Å². The number of aryl methyl sites for hydroxylation is 1. The van der Waals surface area contributed by atoms with E-state index in [1.165, 1.54) is 48.0 Å². The molecule has 4 rings (SSSR count). The van der Waals surface area contributed by atoms with Crippen molar-refractivity contribution in [2.75, 3.05) is 5.32 Å². The molecular weight excluding hydrogens is 554 g/mol. The van der Waals surface area contributed by atoms with Gasteiger partial charge >= 0.3 is 12.4 Å². The van der Waals surface area contributed by atoms with Gasteiger partial charge in [0.15, 0.2) is 0 Å². The van der Waals surface area contributed by atoms with Gasteiger partial charge in [-0.3, -0.25) is 9.48 Å². The predicted molar refractivity (Wildman–Crippen MR) is 125 cm³/mol. The minimum atomic E-state index is -4.78. The Kier molecular flexibility index (Phi) is 6.58. The predicted octanol–water partition coefficient (Wildman–Crippen LogP) is 7.15. The van der Waals surface area contributed by atoms with Crippen LogP contribution in [0.25, 0.3) is 10.9 Å². The van der Waals surface area contributed by atoms with Crippen LogP contribution in [0.3, 0.4) is 0 Å². The van der Waals surface area contributed by atoms with Gasteiger partial charge in [0.2, 0.25) is 0 Å². The van der Waals surface area contributed by atoms with Crippen molar-refractivity contribution in [3.05, 3.63) is 86.8 Å². The molecule has 4 aromatic rings. The lowest BCUT2D eigenvalue weighted by atomic mass is 10.1. The number of anilines is 1. The fourth-order valence-corrected chi connectivity index (χ4v) is 4.20. The Labute approximate surface area is 209 Å². The van der Waals surface area contributed by atoms with Crippen molar-refractivity contribution in [2.24, 2.45) is 0 Å². The number of benzene rings is 2. The van der Waals surface area contributed by atoms with Crippen molar-refractivity contribution in [1.29, 1.82) is 0 Å². The van der Waals surface area contributed by atoms with Gasteiger partial charge in [0.05, 0.1) is 40.3 Å². The molecule has 0 fully saturated rings. The highest BCUT2D eigenvalue weighted by atomic mass is 79.9. The summed E-state index contributed by atoms with van der Waals surface area (Å²) in [6.07, 6.45) is -9.34. The first-order valence-corrected chi connectivity index (χ1v) is 11.2. The number of carbonyl (C=O) groups excluding carboxylic acids is 1. The van der Waals surface area contributed by atoms with Crippen LogP contribution in [0, 0.1) is 13.8 Å². The van der Waals surface area contributed by atoms with E-state index in [9.17, 15) is 31.1 Å². The maximum absolute atomic E-state index is 13.4. The molecular formula is C24H17BrF6N4O. The Balaban J connectivity index is 1.72. The van der Waals surface area contributed by atoms with Crippen molar-refractivity contribution >= 4 is 38.4 Å². The smallest absolute Gasteiger partial charge is 0.319 e. The highest BCUT2D eigenvalue weighted by Gasteiger charge is 2.35. The molecule has 2 heterocycles. The molecule has 1 amide bonds. The molecule has 0 saturated carbocycles. The number of carbonyl (C=O) groups is 1. The number of amides is 1. The molecule has 0 saturated heterocycles. The Morgan fingerprint density at radius 3 is 2.36 bits per heavy atom. The maximum Gasteiger partial charge on any atom is 0.433 e. The van der Waals surface area contributed by atoms with E-state index in [1.54, 1.807) is 6.92 Å². The SMILES string of the molecule is Cc1nn(Cc2ccccc2C(F)(F)F)c(C)c1NC(=O)c1cc(C(F)(F)F)nc2ccc(Br)cc12. The maximum atomic E-state index is 13.4. The van der Waals surface area contributed by atoms with E-state index < -0.39 is 29.5 Å². The molecule has 0 radical (unpaired) electrons. The van der Waals surface area contributed by atoms with Crippen LogP contribution in [0.15, 0.2) is 53.0 Å². The summed E-state index contributed by atoms with van der Waals surface area (Å²) >= 11 is 3.24. The van der Waals surface area contributed by atoms with Gasteiger partial charge in [-0.1, -0.05) is 34.1 Å². The van der Waals surface area contributed by atoms with Crippen LogP contribution >= 0.6 is 15.9 Å². The number of hydrogen-bond donors (Lipinski definition) is 1. The average molecular weight is 571 g/mol. The second kappa shape index (κ2) is 9.23. The monoisotopic (exact) mass is 570 g/mol. The summed E-state index contributed by atoms with van der Waals surface area (Å²) in [5, 5.41) is 7.02. The molecule has 2 aromatic carbocycles. The Morgan fingerprint density at radius 1 is 1.00 bits per heavy atom. The molecule has 2 aromatic heterocycles. The molecule has 36 heavy (non-hydrogen) atoms. The highest BCUT2D eigenvalue weighted by molar-refractivity contribution is 9.10. The van der Waals surface area contributed by atoms with Gasteiger partial charge in [0, 0.05) is 9.86 Å². The quantitative estimate of drug-likeness (QED) is 0.265. The molecule has 0 atom stereocenters. The summed E-state index contributed by atoms with van der Waals surface area (Å²) in [5.41, 5.74) is -1.51. The number of halogens is 7. The summed E-state index contributed by atoms with van der Waals surface area (Å²) in [5.74, 6) is -0.840. The van der Waals surface area contributed by atoms with E-state index in [1.807, 2.05) is 0 Å². The fourth-order valence-electron chi connectivity index (χ4n) is 3.84. The second-order valence-corrected chi connectivity index (χ2v) is 8.94. The second-order valence-electron chi connectivity index (χ2n) is 8.03. The van der Waals surface area contributed by atoms with Crippen LogP contribution in [0.1, 0.15) is 38.6 Å². The number of nitrogens with zero attached hydrogens (tertiary/aromatic N) is 3. The number of fused-ring (bicyclic) bond motifs is 1. The third-order valence-corrected chi connectivity index (χ3v) is 6.06. The lowest BCUT2D eigenvalue weighted by Gasteiger charge is -2.14. The van der Waals surface area contributed by atoms with Crippen LogP contribution in [0.4, 0.5) is 32.0 Å². The van der Waals surface area contributed by atoms with Crippen LogP contribution in [-0.4, -0.2) is 20.7 Å². The first kappa shape index (κ1) is 25.7. The first-order valence-electron chi connectivity index (χ1n) is 10.4. The van der Waals surface area contributed by atoms with Crippen LogP contribution in [0.2, 0.25) is 0 Å². The largest absolute Gasteiger partial charge is 0.433 e. The fraction of sp³-hybridized carbons (Fsp3) is 0.208. The third kappa shape index (κ3) is 5.08. The number of hydrogen-bond acceptors (Lipinski definition) is 3. The van der Waals surface area contributed by atoms with Gasteiger partial charge in [-0.25, -0.2) is 4.98 Å². The van der Waals surface area contributed by atoms with Crippen molar-refractivity contribution in [2.45, 2.75) is 32.7 Å². The molecule has 0 aliphatic carbocycles. The minimum absolute atomic E-state index is 0.0201. The lowest BCUT2D eigenvalue weighted by molar-refractivity contribution is -0.141. The molecule has 0 spiro atoms. The highest BCUT2D eigenvalue weighted by Crippen LogP contribution is 2.34. The van der Waals surface area contributed by atoms with Crippen molar-refractivity contribution in [1.82, 2.24) is 14.8 Å². The van der Waals surface area contributed by atoms with Gasteiger partial charge in [-0.15, -0.1) is 0 Å². The van der Waals surface area contributed by atoms with E-state index in [2.05, 4.69) is 31.3 Å². The molecule has 0 aliphatic heterocycles. The van der Waals surface area contributed by atoms with Gasteiger partial charge in [0.1, 0.15) is 5.69 Å². The zero-order valence-electron chi connectivity index (χ0n) is 18.7. The summed E-state index contributed by atoms with van der Waals surface area (Å²) in [6.45, 7) is 2.87. The number of alkyl halides is 6. The van der Waals surface area contributed by atoms with E-state index in [-0.39, 0.29) is 34.3 Å². The van der Waals surface area contributed by atoms with Gasteiger partial charge in [0.25, 0.3) is 5.91 Å². The number of pyridine rings is 1. The van der Waals surface area contributed by atoms with Crippen molar-refractivity contribution in [3.63, 3.8) is 0 Å². The van der Waals surface area contributed by atoms with Gasteiger partial charge in [-0.2, -0.15) is 31.4 Å². The molecule has 1 N–H and O–H groups in total. The molecule has 188 valence electrons. The van der Waals surface area contributed by atoms with E-state index in [0.29, 0.717) is 21.9 Å². The molecule has 0 unspecified atom stereocenters. The van der Waals surface area contributed by atoms with Crippen LogP contribution in [0.5, 0.6) is 0 Å². The normalized spacial score (nSPS) is 12.2. The Hall–Kier alpha value is -3.41.